The molecule has 0 bridgehead atoms. The van der Waals surface area contributed by atoms with Crippen LogP contribution >= 0.6 is 11.6 Å². The molecule has 1 heterocycles. The zero-order valence-corrected chi connectivity index (χ0v) is 11.2. The highest BCUT2D eigenvalue weighted by Crippen LogP contribution is 2.40. The van der Waals surface area contributed by atoms with Gasteiger partial charge in [-0.2, -0.15) is 0 Å². The topological polar surface area (TPSA) is 35.2 Å². The molecule has 0 saturated carbocycles. The molecular formula is C15H12ClF2NO. The molecule has 0 amide bonds. The predicted octanol–water partition coefficient (Wildman–Crippen LogP) is 4.14. The van der Waals surface area contributed by atoms with Crippen LogP contribution in [0.3, 0.4) is 0 Å². The van der Waals surface area contributed by atoms with Gasteiger partial charge in [0.1, 0.15) is 23.5 Å². The minimum absolute atomic E-state index is 0.307. The van der Waals surface area contributed by atoms with Crippen LogP contribution in [0.25, 0.3) is 0 Å². The van der Waals surface area contributed by atoms with E-state index >= 15 is 0 Å². The third-order valence-electron chi connectivity index (χ3n) is 3.37. The van der Waals surface area contributed by atoms with E-state index in [1.807, 2.05) is 0 Å². The van der Waals surface area contributed by atoms with Gasteiger partial charge in [0, 0.05) is 23.0 Å². The first-order valence-corrected chi connectivity index (χ1v) is 6.58. The molecule has 0 aromatic heterocycles. The van der Waals surface area contributed by atoms with Crippen molar-refractivity contribution < 1.29 is 13.5 Å². The fourth-order valence-corrected chi connectivity index (χ4v) is 2.67. The number of ether oxygens (including phenoxy) is 1. The molecule has 2 aromatic rings. The van der Waals surface area contributed by atoms with E-state index in [1.54, 1.807) is 6.07 Å². The van der Waals surface area contributed by atoms with Crippen molar-refractivity contribution in [1.82, 2.24) is 0 Å². The monoisotopic (exact) mass is 295 g/mol. The standard InChI is InChI=1S/C15H12ClF2NO/c16-9-3-8(4-11(18)5-9)15-7-13(19)12-6-10(17)1-2-14(12)20-15/h1-6,13,15H,7,19H2/t13-,15?/m0/s1. The van der Waals surface area contributed by atoms with E-state index in [1.165, 1.54) is 30.3 Å². The van der Waals surface area contributed by atoms with Crippen LogP contribution in [-0.2, 0) is 0 Å². The van der Waals surface area contributed by atoms with Crippen molar-refractivity contribution in [2.75, 3.05) is 0 Å². The lowest BCUT2D eigenvalue weighted by Gasteiger charge is -2.30. The van der Waals surface area contributed by atoms with E-state index < -0.39 is 11.9 Å². The molecule has 1 aliphatic heterocycles. The van der Waals surface area contributed by atoms with Gasteiger partial charge in [-0.1, -0.05) is 11.6 Å². The molecule has 0 spiro atoms. The average molecular weight is 296 g/mol. The van der Waals surface area contributed by atoms with Gasteiger partial charge < -0.3 is 10.5 Å². The predicted molar refractivity (Wildman–Crippen MR) is 72.7 cm³/mol. The zero-order valence-electron chi connectivity index (χ0n) is 10.4. The second-order valence-electron chi connectivity index (χ2n) is 4.83. The normalized spacial score (nSPS) is 21.2. The molecule has 2 nitrogen and oxygen atoms in total. The Hall–Kier alpha value is -1.65. The first-order valence-electron chi connectivity index (χ1n) is 6.20. The zero-order chi connectivity index (χ0) is 14.3. The summed E-state index contributed by atoms with van der Waals surface area (Å²) in [4.78, 5) is 0. The highest BCUT2D eigenvalue weighted by atomic mass is 35.5. The smallest absolute Gasteiger partial charge is 0.126 e. The largest absolute Gasteiger partial charge is 0.485 e. The molecule has 2 N–H and O–H groups in total. The molecular weight excluding hydrogens is 284 g/mol. The fraction of sp³-hybridized carbons (Fsp3) is 0.200. The Balaban J connectivity index is 1.96. The number of benzene rings is 2. The van der Waals surface area contributed by atoms with Gasteiger partial charge in [-0.05, 0) is 42.0 Å². The highest BCUT2D eigenvalue weighted by molar-refractivity contribution is 6.30. The van der Waals surface area contributed by atoms with Gasteiger partial charge in [0.15, 0.2) is 0 Å². The van der Waals surface area contributed by atoms with Crippen LogP contribution in [0.5, 0.6) is 5.75 Å². The molecule has 0 saturated heterocycles. The Bertz CT molecular complexity index is 642. The summed E-state index contributed by atoms with van der Waals surface area (Å²) in [5.74, 6) is -0.250. The van der Waals surface area contributed by atoms with Crippen molar-refractivity contribution in [3.05, 3.63) is 64.2 Å². The van der Waals surface area contributed by atoms with Crippen LogP contribution in [0.2, 0.25) is 5.02 Å². The molecule has 104 valence electrons. The van der Waals surface area contributed by atoms with Gasteiger partial charge in [-0.25, -0.2) is 8.78 Å². The first kappa shape index (κ1) is 13.3. The van der Waals surface area contributed by atoms with Crippen LogP contribution < -0.4 is 10.5 Å². The maximum Gasteiger partial charge on any atom is 0.126 e. The van der Waals surface area contributed by atoms with Gasteiger partial charge in [0.05, 0.1) is 0 Å². The van der Waals surface area contributed by atoms with Crippen LogP contribution in [0.4, 0.5) is 8.78 Å². The fourth-order valence-electron chi connectivity index (χ4n) is 2.44. The lowest BCUT2D eigenvalue weighted by Crippen LogP contribution is -2.24. The average Bonchev–Trinajstić information content (AvgIpc) is 2.38. The molecule has 0 radical (unpaired) electrons. The molecule has 2 aromatic carbocycles. The van der Waals surface area contributed by atoms with E-state index in [0.717, 1.165) is 0 Å². The Morgan fingerprint density at radius 1 is 1.10 bits per heavy atom. The van der Waals surface area contributed by atoms with Crippen molar-refractivity contribution in [3.63, 3.8) is 0 Å². The molecule has 0 fully saturated rings. The summed E-state index contributed by atoms with van der Waals surface area (Å²) in [7, 11) is 0. The number of halogens is 3. The second kappa shape index (κ2) is 5.04. The quantitative estimate of drug-likeness (QED) is 0.858. The molecule has 3 rings (SSSR count). The van der Waals surface area contributed by atoms with Gasteiger partial charge in [-0.15, -0.1) is 0 Å². The SMILES string of the molecule is N[C@H]1CC(c2cc(F)cc(Cl)c2)Oc2ccc(F)cc21. The molecule has 1 aliphatic rings. The minimum atomic E-state index is -0.422. The maximum absolute atomic E-state index is 13.4. The number of fused-ring (bicyclic) bond motifs is 1. The summed E-state index contributed by atoms with van der Waals surface area (Å²) in [6, 6.07) is 8.12. The van der Waals surface area contributed by atoms with Crippen molar-refractivity contribution in [3.8, 4) is 5.75 Å². The van der Waals surface area contributed by atoms with Crippen LogP contribution in [0, 0.1) is 11.6 Å². The molecule has 5 heteroatoms. The van der Waals surface area contributed by atoms with E-state index in [4.69, 9.17) is 22.1 Å². The maximum atomic E-state index is 13.4. The van der Waals surface area contributed by atoms with Crippen molar-refractivity contribution in [2.45, 2.75) is 18.6 Å². The summed E-state index contributed by atoms with van der Waals surface area (Å²) in [5.41, 5.74) is 7.30. The number of nitrogens with two attached hydrogens (primary N) is 1. The summed E-state index contributed by atoms with van der Waals surface area (Å²) >= 11 is 5.85. The van der Waals surface area contributed by atoms with E-state index in [2.05, 4.69) is 0 Å². The number of rotatable bonds is 1. The van der Waals surface area contributed by atoms with E-state index in [9.17, 15) is 8.78 Å². The third kappa shape index (κ3) is 2.49. The van der Waals surface area contributed by atoms with Crippen molar-refractivity contribution in [1.29, 1.82) is 0 Å². The van der Waals surface area contributed by atoms with Crippen LogP contribution in [0.15, 0.2) is 36.4 Å². The van der Waals surface area contributed by atoms with Crippen LogP contribution in [-0.4, -0.2) is 0 Å². The first-order chi connectivity index (χ1) is 9.52. The Kier molecular flexibility index (Phi) is 3.36. The highest BCUT2D eigenvalue weighted by Gasteiger charge is 2.27. The van der Waals surface area contributed by atoms with E-state index in [-0.39, 0.29) is 11.9 Å². The van der Waals surface area contributed by atoms with Gasteiger partial charge >= 0.3 is 0 Å². The summed E-state index contributed by atoms with van der Waals surface area (Å²) in [6.45, 7) is 0. The molecule has 0 aliphatic carbocycles. The van der Waals surface area contributed by atoms with Gasteiger partial charge in [0.25, 0.3) is 0 Å². The summed E-state index contributed by atoms with van der Waals surface area (Å²) in [6.07, 6.45) is 0.0483. The Morgan fingerprint density at radius 3 is 2.65 bits per heavy atom. The van der Waals surface area contributed by atoms with E-state index in [0.29, 0.717) is 28.3 Å². The van der Waals surface area contributed by atoms with Gasteiger partial charge in [-0.3, -0.25) is 0 Å². The molecule has 2 atom stereocenters. The Morgan fingerprint density at radius 2 is 1.90 bits per heavy atom. The number of hydrogen-bond acceptors (Lipinski definition) is 2. The lowest BCUT2D eigenvalue weighted by atomic mass is 9.93. The summed E-state index contributed by atoms with van der Waals surface area (Å²) < 4.78 is 32.4. The molecule has 1 unspecified atom stereocenters. The Labute approximate surface area is 120 Å². The minimum Gasteiger partial charge on any atom is -0.485 e. The number of hydrogen-bond donors (Lipinski definition) is 1. The van der Waals surface area contributed by atoms with Crippen molar-refractivity contribution >= 4 is 11.6 Å². The van der Waals surface area contributed by atoms with Crippen LogP contribution in [0.1, 0.15) is 29.7 Å². The van der Waals surface area contributed by atoms with Crippen molar-refractivity contribution in [2.24, 2.45) is 5.73 Å². The third-order valence-corrected chi connectivity index (χ3v) is 3.58. The summed E-state index contributed by atoms with van der Waals surface area (Å²) in [5, 5.41) is 0.307. The van der Waals surface area contributed by atoms with Gasteiger partial charge in [0.2, 0.25) is 0 Å². The molecule has 20 heavy (non-hydrogen) atoms. The lowest BCUT2D eigenvalue weighted by molar-refractivity contribution is 0.160. The second-order valence-corrected chi connectivity index (χ2v) is 5.27.